The summed E-state index contributed by atoms with van der Waals surface area (Å²) in [6, 6.07) is 4.85. The molecule has 0 saturated carbocycles. The van der Waals surface area contributed by atoms with Crippen LogP contribution in [0.25, 0.3) is 0 Å². The minimum atomic E-state index is -1.86. The summed E-state index contributed by atoms with van der Waals surface area (Å²) in [7, 11) is 0. The van der Waals surface area contributed by atoms with Crippen LogP contribution in [0.1, 0.15) is 17.6 Å². The van der Waals surface area contributed by atoms with Crippen LogP contribution in [0.15, 0.2) is 36.7 Å². The molecule has 0 amide bonds. The maximum atomic E-state index is 13.8. The highest BCUT2D eigenvalue weighted by Gasteiger charge is 2.21. The molecule has 2 rings (SSSR count). The number of nitrogens with zero attached hydrogens (tertiary/aromatic N) is 2. The van der Waals surface area contributed by atoms with Crippen molar-refractivity contribution in [2.75, 3.05) is 0 Å². The number of benzene rings is 1. The second-order valence-electron chi connectivity index (χ2n) is 3.11. The van der Waals surface area contributed by atoms with Crippen molar-refractivity contribution in [2.24, 2.45) is 0 Å². The first-order valence-electron chi connectivity index (χ1n) is 4.55. The first-order chi connectivity index (χ1) is 7.70. The summed E-state index contributed by atoms with van der Waals surface area (Å²) >= 11 is 0. The van der Waals surface area contributed by atoms with E-state index in [2.05, 4.69) is 9.97 Å². The Balaban J connectivity index is 2.42. The second kappa shape index (κ2) is 4.30. The molecule has 2 nitrogen and oxygen atoms in total. The lowest BCUT2D eigenvalue weighted by molar-refractivity contribution is 0.363. The molecule has 0 saturated heterocycles. The van der Waals surface area contributed by atoms with Gasteiger partial charge in [0.1, 0.15) is 0 Å². The predicted molar refractivity (Wildman–Crippen MR) is 51.3 cm³/mol. The Morgan fingerprint density at radius 1 is 1.00 bits per heavy atom. The van der Waals surface area contributed by atoms with Crippen LogP contribution in [0.4, 0.5) is 13.2 Å². The highest BCUT2D eigenvalue weighted by atomic mass is 19.2. The van der Waals surface area contributed by atoms with Gasteiger partial charge in [-0.25, -0.2) is 23.1 Å². The molecular formula is C11H7F3N2. The van der Waals surface area contributed by atoms with Crippen LogP contribution >= 0.6 is 0 Å². The largest absolute Gasteiger partial charge is 0.238 e. The van der Waals surface area contributed by atoms with Crippen molar-refractivity contribution in [3.8, 4) is 0 Å². The summed E-state index contributed by atoms with van der Waals surface area (Å²) in [6.07, 6.45) is 0.815. The summed E-state index contributed by atoms with van der Waals surface area (Å²) in [5.41, 5.74) is -0.397. The average Bonchev–Trinajstić information content (AvgIpc) is 2.33. The van der Waals surface area contributed by atoms with E-state index in [0.717, 1.165) is 6.07 Å². The number of rotatable bonds is 2. The van der Waals surface area contributed by atoms with E-state index in [4.69, 9.17) is 0 Å². The summed E-state index contributed by atoms with van der Waals surface area (Å²) in [4.78, 5) is 7.30. The zero-order valence-electron chi connectivity index (χ0n) is 8.07. The first kappa shape index (κ1) is 10.6. The summed E-state index contributed by atoms with van der Waals surface area (Å²) in [5.74, 6) is -2.48. The standard InChI is InChI=1S/C11H7F3N2/c12-8-4-1-3-7(9(8)13)10(14)11-15-5-2-6-16-11/h1-6,10H. The van der Waals surface area contributed by atoms with Gasteiger partial charge in [0, 0.05) is 18.0 Å². The first-order valence-corrected chi connectivity index (χ1v) is 4.55. The molecule has 2 aromatic rings. The molecule has 0 spiro atoms. The highest BCUT2D eigenvalue weighted by molar-refractivity contribution is 5.25. The van der Waals surface area contributed by atoms with Gasteiger partial charge in [-0.05, 0) is 12.1 Å². The number of aromatic nitrogens is 2. The lowest BCUT2D eigenvalue weighted by atomic mass is 10.1. The lowest BCUT2D eigenvalue weighted by Crippen LogP contribution is -2.04. The molecule has 1 unspecified atom stereocenters. The second-order valence-corrected chi connectivity index (χ2v) is 3.11. The van der Waals surface area contributed by atoms with Crippen LogP contribution < -0.4 is 0 Å². The van der Waals surface area contributed by atoms with Gasteiger partial charge in [-0.2, -0.15) is 0 Å². The van der Waals surface area contributed by atoms with Crippen LogP contribution in [0.5, 0.6) is 0 Å². The maximum absolute atomic E-state index is 13.8. The Labute approximate surface area is 89.8 Å². The molecule has 1 aromatic heterocycles. The van der Waals surface area contributed by atoms with E-state index < -0.39 is 23.4 Å². The summed E-state index contributed by atoms with van der Waals surface area (Å²) in [6.45, 7) is 0. The zero-order valence-corrected chi connectivity index (χ0v) is 8.07. The Kier molecular flexibility index (Phi) is 2.85. The molecule has 0 fully saturated rings. The SMILES string of the molecule is Fc1cccc(C(F)c2ncccn2)c1F. The minimum Gasteiger partial charge on any atom is -0.238 e. The van der Waals surface area contributed by atoms with E-state index in [9.17, 15) is 13.2 Å². The van der Waals surface area contributed by atoms with Gasteiger partial charge >= 0.3 is 0 Å². The van der Waals surface area contributed by atoms with Gasteiger partial charge in [0.15, 0.2) is 23.6 Å². The van der Waals surface area contributed by atoms with E-state index in [-0.39, 0.29) is 5.82 Å². The van der Waals surface area contributed by atoms with E-state index in [1.54, 1.807) is 0 Å². The van der Waals surface area contributed by atoms with Gasteiger partial charge in [-0.3, -0.25) is 0 Å². The van der Waals surface area contributed by atoms with E-state index >= 15 is 0 Å². The fourth-order valence-corrected chi connectivity index (χ4v) is 1.30. The van der Waals surface area contributed by atoms with Crippen molar-refractivity contribution in [2.45, 2.75) is 6.17 Å². The fraction of sp³-hybridized carbons (Fsp3) is 0.0909. The van der Waals surface area contributed by atoms with Crippen molar-refractivity contribution in [3.63, 3.8) is 0 Å². The quantitative estimate of drug-likeness (QED) is 0.783. The Hall–Kier alpha value is -1.91. The minimum absolute atomic E-state index is 0.188. The highest BCUT2D eigenvalue weighted by Crippen LogP contribution is 2.26. The van der Waals surface area contributed by atoms with E-state index in [1.807, 2.05) is 0 Å². The molecule has 0 N–H and O–H groups in total. The normalized spacial score (nSPS) is 12.4. The van der Waals surface area contributed by atoms with Crippen LogP contribution in [-0.4, -0.2) is 9.97 Å². The monoisotopic (exact) mass is 224 g/mol. The third-order valence-corrected chi connectivity index (χ3v) is 2.07. The number of hydrogen-bond donors (Lipinski definition) is 0. The number of alkyl halides is 1. The molecule has 1 heterocycles. The predicted octanol–water partition coefficient (Wildman–Crippen LogP) is 2.81. The Bertz CT molecular complexity index is 488. The van der Waals surface area contributed by atoms with Crippen molar-refractivity contribution in [1.29, 1.82) is 0 Å². The van der Waals surface area contributed by atoms with Crippen LogP contribution in [0.3, 0.4) is 0 Å². The van der Waals surface area contributed by atoms with Gasteiger partial charge < -0.3 is 0 Å². The van der Waals surface area contributed by atoms with E-state index in [1.165, 1.54) is 30.6 Å². The fourth-order valence-electron chi connectivity index (χ4n) is 1.30. The molecule has 16 heavy (non-hydrogen) atoms. The Morgan fingerprint density at radius 2 is 1.69 bits per heavy atom. The lowest BCUT2D eigenvalue weighted by Gasteiger charge is -2.07. The van der Waals surface area contributed by atoms with Gasteiger partial charge in [0.2, 0.25) is 0 Å². The summed E-state index contributed by atoms with van der Waals surface area (Å²) < 4.78 is 39.9. The Morgan fingerprint density at radius 3 is 2.38 bits per heavy atom. The third-order valence-electron chi connectivity index (χ3n) is 2.07. The molecular weight excluding hydrogens is 217 g/mol. The molecule has 1 atom stereocenters. The van der Waals surface area contributed by atoms with Gasteiger partial charge in [0.25, 0.3) is 0 Å². The number of halogens is 3. The molecule has 0 aliphatic carbocycles. The maximum Gasteiger partial charge on any atom is 0.187 e. The van der Waals surface area contributed by atoms with E-state index in [0.29, 0.717) is 0 Å². The van der Waals surface area contributed by atoms with Crippen LogP contribution in [0.2, 0.25) is 0 Å². The molecule has 0 aliphatic rings. The molecule has 0 radical (unpaired) electrons. The van der Waals surface area contributed by atoms with Crippen molar-refractivity contribution in [3.05, 3.63) is 59.7 Å². The van der Waals surface area contributed by atoms with Crippen molar-refractivity contribution >= 4 is 0 Å². The topological polar surface area (TPSA) is 25.8 Å². The third kappa shape index (κ3) is 1.88. The van der Waals surface area contributed by atoms with Gasteiger partial charge in [-0.15, -0.1) is 0 Å². The molecule has 82 valence electrons. The van der Waals surface area contributed by atoms with Crippen LogP contribution in [-0.2, 0) is 0 Å². The number of hydrogen-bond acceptors (Lipinski definition) is 2. The van der Waals surface area contributed by atoms with Crippen LogP contribution in [0, 0.1) is 11.6 Å². The van der Waals surface area contributed by atoms with Gasteiger partial charge in [0.05, 0.1) is 0 Å². The molecule has 5 heteroatoms. The molecule has 0 bridgehead atoms. The zero-order chi connectivity index (χ0) is 11.5. The molecule has 0 aliphatic heterocycles. The molecule has 1 aromatic carbocycles. The van der Waals surface area contributed by atoms with Gasteiger partial charge in [-0.1, -0.05) is 12.1 Å². The smallest absolute Gasteiger partial charge is 0.187 e. The average molecular weight is 224 g/mol. The van der Waals surface area contributed by atoms with Crippen molar-refractivity contribution in [1.82, 2.24) is 9.97 Å². The summed E-state index contributed by atoms with van der Waals surface area (Å²) in [5, 5.41) is 0. The van der Waals surface area contributed by atoms with Crippen molar-refractivity contribution < 1.29 is 13.2 Å².